The second kappa shape index (κ2) is 5.48. The number of rotatable bonds is 3. The van der Waals surface area contributed by atoms with Crippen LogP contribution < -0.4 is 5.73 Å². The van der Waals surface area contributed by atoms with E-state index >= 15 is 0 Å². The highest BCUT2D eigenvalue weighted by atomic mass is 19.1. The number of hydrogen-bond acceptors (Lipinski definition) is 3. The van der Waals surface area contributed by atoms with Crippen LogP contribution in [-0.4, -0.2) is 23.3 Å². The van der Waals surface area contributed by atoms with Crippen LogP contribution in [0.25, 0.3) is 0 Å². The number of nitrogens with two attached hydrogens (primary N) is 1. The van der Waals surface area contributed by atoms with Crippen molar-refractivity contribution in [3.63, 3.8) is 0 Å². The lowest BCUT2D eigenvalue weighted by atomic mass is 9.96. The summed E-state index contributed by atoms with van der Waals surface area (Å²) in [5, 5.41) is 0. The van der Waals surface area contributed by atoms with Crippen molar-refractivity contribution in [2.24, 2.45) is 11.7 Å². The SMILES string of the molecule is CC1CC(=O)N(CC(N)c2cccc(F)c2)C(=O)C1. The van der Waals surface area contributed by atoms with Gasteiger partial charge in [-0.2, -0.15) is 0 Å². The zero-order valence-corrected chi connectivity index (χ0v) is 10.8. The van der Waals surface area contributed by atoms with E-state index in [4.69, 9.17) is 5.73 Å². The van der Waals surface area contributed by atoms with Crippen LogP contribution in [0, 0.1) is 11.7 Å². The molecule has 1 heterocycles. The summed E-state index contributed by atoms with van der Waals surface area (Å²) in [4.78, 5) is 24.8. The van der Waals surface area contributed by atoms with Crippen LogP contribution >= 0.6 is 0 Å². The summed E-state index contributed by atoms with van der Waals surface area (Å²) in [5.41, 5.74) is 6.52. The van der Waals surface area contributed by atoms with Gasteiger partial charge in [0.2, 0.25) is 11.8 Å². The standard InChI is InChI=1S/C14H17FN2O2/c1-9-5-13(18)17(14(19)6-9)8-12(16)10-3-2-4-11(15)7-10/h2-4,7,9,12H,5-6,8,16H2,1H3. The molecule has 1 saturated heterocycles. The topological polar surface area (TPSA) is 63.4 Å². The number of amides is 2. The molecule has 2 N–H and O–H groups in total. The molecular formula is C14H17FN2O2. The average molecular weight is 264 g/mol. The van der Waals surface area contributed by atoms with E-state index in [0.717, 1.165) is 0 Å². The summed E-state index contributed by atoms with van der Waals surface area (Å²) in [6.45, 7) is 1.98. The van der Waals surface area contributed by atoms with Crippen molar-refractivity contribution in [2.45, 2.75) is 25.8 Å². The second-order valence-corrected chi connectivity index (χ2v) is 5.07. The minimum Gasteiger partial charge on any atom is -0.322 e. The molecule has 1 aliphatic rings. The molecule has 0 radical (unpaired) electrons. The number of imide groups is 1. The summed E-state index contributed by atoms with van der Waals surface area (Å²) in [5.74, 6) is -0.689. The molecule has 1 fully saturated rings. The maximum absolute atomic E-state index is 13.1. The maximum Gasteiger partial charge on any atom is 0.229 e. The Labute approximate surface area is 111 Å². The van der Waals surface area contributed by atoms with E-state index in [-0.39, 0.29) is 30.1 Å². The van der Waals surface area contributed by atoms with Crippen molar-refractivity contribution >= 4 is 11.8 Å². The van der Waals surface area contributed by atoms with Crippen LogP contribution in [0.15, 0.2) is 24.3 Å². The van der Waals surface area contributed by atoms with Gasteiger partial charge in [0.1, 0.15) is 5.82 Å². The number of hydrogen-bond donors (Lipinski definition) is 1. The van der Waals surface area contributed by atoms with Gasteiger partial charge in [-0.05, 0) is 23.6 Å². The molecule has 0 saturated carbocycles. The quantitative estimate of drug-likeness (QED) is 0.844. The summed E-state index contributed by atoms with van der Waals surface area (Å²) >= 11 is 0. The van der Waals surface area contributed by atoms with Crippen LogP contribution in [0.2, 0.25) is 0 Å². The van der Waals surface area contributed by atoms with E-state index in [0.29, 0.717) is 18.4 Å². The number of halogens is 1. The summed E-state index contributed by atoms with van der Waals surface area (Å²) in [6.07, 6.45) is 0.725. The molecule has 1 aromatic carbocycles. The van der Waals surface area contributed by atoms with Gasteiger partial charge in [-0.15, -0.1) is 0 Å². The molecule has 0 aromatic heterocycles. The Bertz CT molecular complexity index is 486. The fourth-order valence-corrected chi connectivity index (χ4v) is 2.27. The van der Waals surface area contributed by atoms with Crippen LogP contribution in [0.3, 0.4) is 0 Å². The van der Waals surface area contributed by atoms with Gasteiger partial charge in [-0.25, -0.2) is 4.39 Å². The molecule has 5 heteroatoms. The highest BCUT2D eigenvalue weighted by molar-refractivity contribution is 5.97. The van der Waals surface area contributed by atoms with Crippen molar-refractivity contribution in [1.82, 2.24) is 4.90 Å². The van der Waals surface area contributed by atoms with Crippen molar-refractivity contribution in [1.29, 1.82) is 0 Å². The zero-order valence-electron chi connectivity index (χ0n) is 10.8. The molecule has 2 amide bonds. The van der Waals surface area contributed by atoms with E-state index in [1.807, 2.05) is 6.92 Å². The molecule has 1 aromatic rings. The normalized spacial score (nSPS) is 18.8. The number of piperidine rings is 1. The lowest BCUT2D eigenvalue weighted by Gasteiger charge is -2.30. The van der Waals surface area contributed by atoms with Gasteiger partial charge >= 0.3 is 0 Å². The van der Waals surface area contributed by atoms with Crippen molar-refractivity contribution in [3.8, 4) is 0 Å². The van der Waals surface area contributed by atoms with Crippen LogP contribution in [0.5, 0.6) is 0 Å². The van der Waals surface area contributed by atoms with E-state index in [9.17, 15) is 14.0 Å². The number of likely N-dealkylation sites (tertiary alicyclic amines) is 1. The van der Waals surface area contributed by atoms with E-state index in [1.165, 1.54) is 17.0 Å². The molecule has 0 bridgehead atoms. The van der Waals surface area contributed by atoms with Gasteiger partial charge in [-0.3, -0.25) is 14.5 Å². The molecule has 4 nitrogen and oxygen atoms in total. The molecule has 0 spiro atoms. The molecule has 1 aliphatic heterocycles. The van der Waals surface area contributed by atoms with E-state index < -0.39 is 6.04 Å². The first-order valence-corrected chi connectivity index (χ1v) is 6.31. The zero-order chi connectivity index (χ0) is 14.0. The van der Waals surface area contributed by atoms with Crippen LogP contribution in [0.1, 0.15) is 31.4 Å². The van der Waals surface area contributed by atoms with Gasteiger partial charge in [-0.1, -0.05) is 19.1 Å². The predicted octanol–water partition coefficient (Wildman–Crippen LogP) is 1.61. The van der Waals surface area contributed by atoms with Crippen molar-refractivity contribution in [2.75, 3.05) is 6.54 Å². The van der Waals surface area contributed by atoms with E-state index in [2.05, 4.69) is 0 Å². The molecule has 1 unspecified atom stereocenters. The smallest absolute Gasteiger partial charge is 0.229 e. The van der Waals surface area contributed by atoms with Gasteiger partial charge < -0.3 is 5.73 Å². The maximum atomic E-state index is 13.1. The fourth-order valence-electron chi connectivity index (χ4n) is 2.27. The molecular weight excluding hydrogens is 247 g/mol. The highest BCUT2D eigenvalue weighted by Gasteiger charge is 2.31. The third-order valence-electron chi connectivity index (χ3n) is 3.30. The first kappa shape index (κ1) is 13.7. The predicted molar refractivity (Wildman–Crippen MR) is 68.4 cm³/mol. The minimum absolute atomic E-state index is 0.0849. The Morgan fingerprint density at radius 1 is 1.37 bits per heavy atom. The Hall–Kier alpha value is -1.75. The first-order chi connectivity index (χ1) is 8.97. The Morgan fingerprint density at radius 2 is 2.00 bits per heavy atom. The lowest BCUT2D eigenvalue weighted by molar-refractivity contribution is -0.150. The molecule has 2 rings (SSSR count). The van der Waals surface area contributed by atoms with Gasteiger partial charge in [0.25, 0.3) is 0 Å². The third-order valence-corrected chi connectivity index (χ3v) is 3.30. The Balaban J connectivity index is 2.08. The number of benzene rings is 1. The van der Waals surface area contributed by atoms with Crippen LogP contribution in [0.4, 0.5) is 4.39 Å². The average Bonchev–Trinajstić information content (AvgIpc) is 2.33. The lowest BCUT2D eigenvalue weighted by Crippen LogP contribution is -2.45. The van der Waals surface area contributed by atoms with Crippen molar-refractivity contribution < 1.29 is 14.0 Å². The largest absolute Gasteiger partial charge is 0.322 e. The summed E-state index contributed by atoms with van der Waals surface area (Å²) < 4.78 is 13.1. The van der Waals surface area contributed by atoms with E-state index in [1.54, 1.807) is 12.1 Å². The molecule has 1 atom stereocenters. The number of carbonyl (C=O) groups excluding carboxylic acids is 2. The monoisotopic (exact) mass is 264 g/mol. The van der Waals surface area contributed by atoms with Gasteiger partial charge in [0, 0.05) is 25.4 Å². The fraction of sp³-hybridized carbons (Fsp3) is 0.429. The van der Waals surface area contributed by atoms with Crippen molar-refractivity contribution in [3.05, 3.63) is 35.6 Å². The number of nitrogens with zero attached hydrogens (tertiary/aromatic N) is 1. The molecule has 0 aliphatic carbocycles. The highest BCUT2D eigenvalue weighted by Crippen LogP contribution is 2.21. The first-order valence-electron chi connectivity index (χ1n) is 6.31. The number of carbonyl (C=O) groups is 2. The van der Waals surface area contributed by atoms with Gasteiger partial charge in [0.05, 0.1) is 0 Å². The Morgan fingerprint density at radius 3 is 2.58 bits per heavy atom. The molecule has 102 valence electrons. The minimum atomic E-state index is -0.558. The Kier molecular flexibility index (Phi) is 3.95. The third kappa shape index (κ3) is 3.17. The van der Waals surface area contributed by atoms with Crippen LogP contribution in [-0.2, 0) is 9.59 Å². The van der Waals surface area contributed by atoms with Gasteiger partial charge in [0.15, 0.2) is 0 Å². The second-order valence-electron chi connectivity index (χ2n) is 5.07. The summed E-state index contributed by atoms with van der Waals surface area (Å²) in [6, 6.07) is 5.35. The molecule has 19 heavy (non-hydrogen) atoms. The summed E-state index contributed by atoms with van der Waals surface area (Å²) in [7, 11) is 0.